The summed E-state index contributed by atoms with van der Waals surface area (Å²) in [7, 11) is -4.28. The van der Waals surface area contributed by atoms with Gasteiger partial charge >= 0.3 is 13.8 Å². The van der Waals surface area contributed by atoms with Crippen LogP contribution >= 0.6 is 7.82 Å². The fourth-order valence-electron chi connectivity index (χ4n) is 5.67. The molecule has 8 nitrogen and oxygen atoms in total. The number of nitrogens with two attached hydrogens (primary N) is 1. The first kappa shape index (κ1) is 49.7. The van der Waals surface area contributed by atoms with Gasteiger partial charge in [0, 0.05) is 19.6 Å². The lowest BCUT2D eigenvalue weighted by molar-refractivity contribution is -0.154. The summed E-state index contributed by atoms with van der Waals surface area (Å²) < 4.78 is 33.4. The molecular weight excluding hydrogens is 661 g/mol. The molecule has 0 bridgehead atoms. The summed E-state index contributed by atoms with van der Waals surface area (Å²) in [5.74, 6) is -0.346. The van der Waals surface area contributed by atoms with Gasteiger partial charge in [0.05, 0.1) is 19.8 Å². The molecule has 0 saturated carbocycles. The van der Waals surface area contributed by atoms with Crippen LogP contribution in [0.2, 0.25) is 0 Å². The summed E-state index contributed by atoms with van der Waals surface area (Å²) in [5.41, 5.74) is 5.36. The molecule has 300 valence electrons. The lowest BCUT2D eigenvalue weighted by Crippen LogP contribution is -2.28. The van der Waals surface area contributed by atoms with Crippen LogP contribution in [0.15, 0.2) is 36.5 Å². The predicted octanol–water partition coefficient (Wildman–Crippen LogP) is 12.2. The summed E-state index contributed by atoms with van der Waals surface area (Å²) in [4.78, 5) is 22.4. The molecule has 0 fully saturated rings. The van der Waals surface area contributed by atoms with Crippen molar-refractivity contribution in [2.45, 2.75) is 193 Å². The number of hydrogen-bond acceptors (Lipinski definition) is 7. The first-order valence-electron chi connectivity index (χ1n) is 21.0. The van der Waals surface area contributed by atoms with E-state index in [1.165, 1.54) is 109 Å². The number of hydrogen-bond donors (Lipinski definition) is 2. The van der Waals surface area contributed by atoms with E-state index in [2.05, 4.69) is 50.3 Å². The third kappa shape index (κ3) is 39.8. The molecule has 0 saturated heterocycles. The maximum atomic E-state index is 12.6. The highest BCUT2D eigenvalue weighted by molar-refractivity contribution is 7.47. The molecule has 2 unspecified atom stereocenters. The number of ether oxygens (including phenoxy) is 2. The lowest BCUT2D eigenvalue weighted by atomic mass is 10.1. The first-order valence-corrected chi connectivity index (χ1v) is 22.5. The Kier molecular flexibility index (Phi) is 38.9. The highest BCUT2D eigenvalue weighted by atomic mass is 31.2. The van der Waals surface area contributed by atoms with E-state index in [9.17, 15) is 14.3 Å². The molecule has 0 aromatic heterocycles. The summed E-state index contributed by atoms with van der Waals surface area (Å²) in [5, 5.41) is 0. The molecule has 0 amide bonds. The first-order chi connectivity index (χ1) is 24.9. The Morgan fingerprint density at radius 3 is 1.59 bits per heavy atom. The Morgan fingerprint density at radius 1 is 0.588 bits per heavy atom. The molecule has 9 heteroatoms. The number of carbonyl (C=O) groups is 1. The number of phosphoric ester groups is 1. The van der Waals surface area contributed by atoms with Gasteiger partial charge in [-0.2, -0.15) is 0 Å². The minimum atomic E-state index is -4.28. The van der Waals surface area contributed by atoms with Crippen LogP contribution in [0.1, 0.15) is 187 Å². The Balaban J connectivity index is 4.08. The van der Waals surface area contributed by atoms with E-state index >= 15 is 0 Å². The van der Waals surface area contributed by atoms with Crippen molar-refractivity contribution in [2.75, 3.05) is 33.0 Å². The van der Waals surface area contributed by atoms with Crippen LogP contribution in [-0.2, 0) is 27.9 Å². The van der Waals surface area contributed by atoms with Crippen molar-refractivity contribution in [1.82, 2.24) is 0 Å². The molecule has 0 rings (SSSR count). The van der Waals surface area contributed by atoms with Gasteiger partial charge < -0.3 is 20.1 Å². The number of rotatable bonds is 40. The van der Waals surface area contributed by atoms with Gasteiger partial charge in [-0.05, 0) is 70.6 Å². The average molecular weight is 742 g/mol. The summed E-state index contributed by atoms with van der Waals surface area (Å²) >= 11 is 0. The average Bonchev–Trinajstić information content (AvgIpc) is 3.12. The van der Waals surface area contributed by atoms with Crippen molar-refractivity contribution in [3.8, 4) is 0 Å². The van der Waals surface area contributed by atoms with Crippen LogP contribution in [0.3, 0.4) is 0 Å². The second-order valence-electron chi connectivity index (χ2n) is 13.8. The minimum Gasteiger partial charge on any atom is -0.457 e. The number of allylic oxidation sites excluding steroid dienone is 6. The van der Waals surface area contributed by atoms with Crippen molar-refractivity contribution in [2.24, 2.45) is 5.73 Å². The third-order valence-corrected chi connectivity index (χ3v) is 9.76. The van der Waals surface area contributed by atoms with Crippen LogP contribution in [0.25, 0.3) is 0 Å². The molecule has 0 aromatic rings. The zero-order valence-corrected chi connectivity index (χ0v) is 34.0. The Bertz CT molecular complexity index is 879. The van der Waals surface area contributed by atoms with Gasteiger partial charge in [0.25, 0.3) is 0 Å². The van der Waals surface area contributed by atoms with Crippen LogP contribution in [0.4, 0.5) is 0 Å². The van der Waals surface area contributed by atoms with Gasteiger partial charge in [-0.15, -0.1) is 0 Å². The monoisotopic (exact) mass is 742 g/mol. The molecule has 51 heavy (non-hydrogen) atoms. The Labute approximate surface area is 314 Å². The third-order valence-electron chi connectivity index (χ3n) is 8.78. The van der Waals surface area contributed by atoms with E-state index < -0.39 is 13.9 Å². The van der Waals surface area contributed by atoms with Crippen molar-refractivity contribution in [3.63, 3.8) is 0 Å². The van der Waals surface area contributed by atoms with E-state index in [-0.39, 0.29) is 32.3 Å². The summed E-state index contributed by atoms with van der Waals surface area (Å²) in [6.07, 6.45) is 44.4. The molecule has 0 radical (unpaired) electrons. The van der Waals surface area contributed by atoms with Gasteiger partial charge in [0.1, 0.15) is 6.10 Å². The summed E-state index contributed by atoms with van der Waals surface area (Å²) in [6.45, 7) is 4.87. The van der Waals surface area contributed by atoms with E-state index in [1.54, 1.807) is 0 Å². The van der Waals surface area contributed by atoms with Crippen LogP contribution < -0.4 is 5.73 Å². The van der Waals surface area contributed by atoms with Crippen LogP contribution in [0, 0.1) is 0 Å². The SMILES string of the molecule is CCCCC/C=C\C/C=C\CCCCCCCC(=O)OC(COCCCCCCCC/C=C\CCCCCCCCC)COP(=O)(O)OCCN. The molecular formula is C42H80NO7P. The Hall–Kier alpha value is -1.28. The highest BCUT2D eigenvalue weighted by Crippen LogP contribution is 2.43. The smallest absolute Gasteiger partial charge is 0.457 e. The normalized spacial score (nSPS) is 13.9. The molecule has 0 aromatic carbocycles. The molecule has 0 spiro atoms. The minimum absolute atomic E-state index is 0.0966. The fraction of sp³-hybridized carbons (Fsp3) is 0.833. The summed E-state index contributed by atoms with van der Waals surface area (Å²) in [6, 6.07) is 0. The van der Waals surface area contributed by atoms with Crippen molar-refractivity contribution in [1.29, 1.82) is 0 Å². The van der Waals surface area contributed by atoms with E-state index in [4.69, 9.17) is 24.3 Å². The van der Waals surface area contributed by atoms with Crippen LogP contribution in [0.5, 0.6) is 0 Å². The van der Waals surface area contributed by atoms with Crippen molar-refractivity contribution in [3.05, 3.63) is 36.5 Å². The van der Waals surface area contributed by atoms with Gasteiger partial charge in [-0.25, -0.2) is 4.57 Å². The topological polar surface area (TPSA) is 117 Å². The Morgan fingerprint density at radius 2 is 1.04 bits per heavy atom. The second-order valence-corrected chi connectivity index (χ2v) is 15.3. The molecule has 0 aliphatic carbocycles. The molecule has 3 N–H and O–H groups in total. The fourth-order valence-corrected chi connectivity index (χ4v) is 6.43. The zero-order chi connectivity index (χ0) is 37.4. The van der Waals surface area contributed by atoms with E-state index in [0.717, 1.165) is 57.8 Å². The van der Waals surface area contributed by atoms with Crippen molar-refractivity contribution < 1.29 is 32.8 Å². The molecule has 0 aliphatic heterocycles. The van der Waals surface area contributed by atoms with Gasteiger partial charge in [-0.1, -0.05) is 147 Å². The maximum absolute atomic E-state index is 12.6. The number of esters is 1. The number of carbonyl (C=O) groups excluding carboxylic acids is 1. The number of unbranched alkanes of at least 4 members (excludes halogenated alkanes) is 21. The highest BCUT2D eigenvalue weighted by Gasteiger charge is 2.25. The largest absolute Gasteiger partial charge is 0.472 e. The molecule has 0 heterocycles. The number of phosphoric acid groups is 1. The van der Waals surface area contributed by atoms with E-state index in [0.29, 0.717) is 13.0 Å². The van der Waals surface area contributed by atoms with Crippen LogP contribution in [-0.4, -0.2) is 49.9 Å². The predicted molar refractivity (Wildman–Crippen MR) is 215 cm³/mol. The molecule has 2 atom stereocenters. The lowest BCUT2D eigenvalue weighted by Gasteiger charge is -2.20. The second kappa shape index (κ2) is 39.9. The van der Waals surface area contributed by atoms with Gasteiger partial charge in [-0.3, -0.25) is 13.8 Å². The quantitative estimate of drug-likeness (QED) is 0.0276. The van der Waals surface area contributed by atoms with Gasteiger partial charge in [0.2, 0.25) is 0 Å². The standard InChI is InChI=1S/C42H80NO7P/c1-3-5-7-9-11-13-15-17-19-20-22-24-26-28-30-32-34-37-47-39-41(40-49-51(45,46)48-38-36-43)50-42(44)35-33-31-29-27-25-23-21-18-16-14-12-10-8-6-4-2/h12,14,18-21,41H,3-11,13,15-17,22-40,43H2,1-2H3,(H,45,46)/b14-12-,20-19-,21-18-. The van der Waals surface area contributed by atoms with Gasteiger partial charge in [0.15, 0.2) is 0 Å². The zero-order valence-electron chi connectivity index (χ0n) is 33.1. The molecule has 0 aliphatic rings. The van der Waals surface area contributed by atoms with Crippen molar-refractivity contribution >= 4 is 13.8 Å². The van der Waals surface area contributed by atoms with E-state index in [1.807, 2.05) is 0 Å². The maximum Gasteiger partial charge on any atom is 0.472 e.